The quantitative estimate of drug-likeness (QED) is 0.833. The lowest BCUT2D eigenvalue weighted by atomic mass is 10.0. The summed E-state index contributed by atoms with van der Waals surface area (Å²) in [5.74, 6) is -0.0565. The van der Waals surface area contributed by atoms with E-state index in [-0.39, 0.29) is 5.91 Å². The van der Waals surface area contributed by atoms with Crippen LogP contribution in [0.2, 0.25) is 0 Å². The van der Waals surface area contributed by atoms with Gasteiger partial charge in [-0.05, 0) is 36.8 Å². The molecule has 1 heterocycles. The number of hydrogen-bond acceptors (Lipinski definition) is 3. The minimum absolute atomic E-state index is 0.0565. The van der Waals surface area contributed by atoms with Crippen LogP contribution in [0.4, 0.5) is 5.69 Å². The second kappa shape index (κ2) is 5.16. The molecule has 0 bridgehead atoms. The van der Waals surface area contributed by atoms with Crippen LogP contribution in [0.3, 0.4) is 0 Å². The van der Waals surface area contributed by atoms with E-state index in [0.29, 0.717) is 5.56 Å². The number of fused-ring (bicyclic) bond motifs is 1. The fraction of sp³-hybridized carbons (Fsp3) is 0.188. The van der Waals surface area contributed by atoms with E-state index in [1.807, 2.05) is 55.5 Å². The Morgan fingerprint density at radius 1 is 1.10 bits per heavy atom. The molecule has 0 saturated carbocycles. The summed E-state index contributed by atoms with van der Waals surface area (Å²) in [6.07, 6.45) is 0. The highest BCUT2D eigenvalue weighted by atomic mass is 79.9. The van der Waals surface area contributed by atoms with E-state index < -0.39 is 5.66 Å². The van der Waals surface area contributed by atoms with Gasteiger partial charge in [0.1, 0.15) is 5.66 Å². The van der Waals surface area contributed by atoms with Gasteiger partial charge in [0, 0.05) is 17.2 Å². The van der Waals surface area contributed by atoms with Crippen molar-refractivity contribution < 1.29 is 4.79 Å². The molecular weight excluding hydrogens is 330 g/mol. The van der Waals surface area contributed by atoms with Crippen molar-refractivity contribution in [3.63, 3.8) is 0 Å². The van der Waals surface area contributed by atoms with Gasteiger partial charge in [0.25, 0.3) is 5.91 Å². The zero-order chi connectivity index (χ0) is 15.0. The third-order valence-corrected chi connectivity index (χ3v) is 4.19. The Kier molecular flexibility index (Phi) is 3.47. The molecule has 1 atom stereocenters. The number of rotatable bonds is 1. The average molecular weight is 346 g/mol. The number of nitrogens with one attached hydrogen (secondary N) is 2. The predicted octanol–water partition coefficient (Wildman–Crippen LogP) is 3.32. The van der Waals surface area contributed by atoms with Crippen LogP contribution >= 0.6 is 15.9 Å². The Hall–Kier alpha value is -1.85. The van der Waals surface area contributed by atoms with Gasteiger partial charge >= 0.3 is 0 Å². The van der Waals surface area contributed by atoms with E-state index in [1.165, 1.54) is 5.01 Å². The Bertz CT molecular complexity index is 686. The molecule has 2 aromatic carbocycles. The highest BCUT2D eigenvalue weighted by Gasteiger charge is 2.34. The van der Waals surface area contributed by atoms with Crippen LogP contribution in [0, 0.1) is 0 Å². The first-order valence-electron chi connectivity index (χ1n) is 6.69. The Morgan fingerprint density at radius 3 is 2.48 bits per heavy atom. The maximum Gasteiger partial charge on any atom is 0.269 e. The first-order chi connectivity index (χ1) is 9.99. The third-order valence-electron chi connectivity index (χ3n) is 3.66. The number of hydrogen-bond donors (Lipinski definition) is 2. The molecule has 3 rings (SSSR count). The van der Waals surface area contributed by atoms with Crippen LogP contribution in [0.1, 0.15) is 22.8 Å². The van der Waals surface area contributed by atoms with E-state index in [9.17, 15) is 4.79 Å². The number of anilines is 1. The van der Waals surface area contributed by atoms with Gasteiger partial charge in [0.15, 0.2) is 0 Å². The number of benzene rings is 2. The number of para-hydroxylation sites is 1. The van der Waals surface area contributed by atoms with Gasteiger partial charge in [-0.3, -0.25) is 9.80 Å². The van der Waals surface area contributed by atoms with Gasteiger partial charge in [0.2, 0.25) is 0 Å². The zero-order valence-electron chi connectivity index (χ0n) is 11.9. The highest BCUT2D eigenvalue weighted by molar-refractivity contribution is 9.10. The molecule has 1 amide bonds. The maximum atomic E-state index is 12.4. The lowest BCUT2D eigenvalue weighted by Crippen LogP contribution is -2.53. The Balaban J connectivity index is 2.08. The summed E-state index contributed by atoms with van der Waals surface area (Å²) in [5.41, 5.74) is 5.20. The summed E-state index contributed by atoms with van der Waals surface area (Å²) in [7, 11) is 1.74. The lowest BCUT2D eigenvalue weighted by Gasteiger charge is -2.34. The normalized spacial score (nSPS) is 21.5. The molecule has 2 N–H and O–H groups in total. The topological polar surface area (TPSA) is 44.4 Å². The first-order valence-corrected chi connectivity index (χ1v) is 7.48. The fourth-order valence-electron chi connectivity index (χ4n) is 2.56. The van der Waals surface area contributed by atoms with Gasteiger partial charge in [-0.15, -0.1) is 0 Å². The zero-order valence-corrected chi connectivity index (χ0v) is 13.4. The van der Waals surface area contributed by atoms with Crippen LogP contribution < -0.4 is 10.7 Å². The summed E-state index contributed by atoms with van der Waals surface area (Å²) in [4.78, 5) is 12.4. The molecule has 0 radical (unpaired) electrons. The first kappa shape index (κ1) is 14.1. The number of carbonyl (C=O) groups excluding carboxylic acids is 1. The number of amides is 1. The van der Waals surface area contributed by atoms with Gasteiger partial charge in [-0.2, -0.15) is 0 Å². The number of hydrazine groups is 1. The van der Waals surface area contributed by atoms with E-state index in [1.54, 1.807) is 7.05 Å². The van der Waals surface area contributed by atoms with Crippen LogP contribution in [-0.2, 0) is 5.66 Å². The third kappa shape index (κ3) is 2.54. The van der Waals surface area contributed by atoms with E-state index >= 15 is 0 Å². The van der Waals surface area contributed by atoms with Crippen LogP contribution in [0.25, 0.3) is 0 Å². The summed E-state index contributed by atoms with van der Waals surface area (Å²) >= 11 is 3.44. The second-order valence-electron chi connectivity index (χ2n) is 5.28. The highest BCUT2D eigenvalue weighted by Crippen LogP contribution is 2.30. The molecule has 2 aromatic rings. The number of carbonyl (C=O) groups is 1. The van der Waals surface area contributed by atoms with Gasteiger partial charge in [0.05, 0.1) is 5.56 Å². The molecule has 0 spiro atoms. The summed E-state index contributed by atoms with van der Waals surface area (Å²) in [6.45, 7) is 2.02. The lowest BCUT2D eigenvalue weighted by molar-refractivity contribution is 0.0649. The second-order valence-corrected chi connectivity index (χ2v) is 6.19. The van der Waals surface area contributed by atoms with E-state index in [4.69, 9.17) is 0 Å². The standard InChI is InChI=1S/C16H16BrN3O/c1-16(11-7-9-12(17)10-8-11)18-14-6-4-3-5-13(14)15(21)20(2)19-16/h3-10,18-19H,1-2H3. The molecule has 0 fully saturated rings. The molecule has 1 aliphatic rings. The van der Waals surface area contributed by atoms with Gasteiger partial charge in [-0.1, -0.05) is 40.2 Å². The molecule has 108 valence electrons. The van der Waals surface area contributed by atoms with Crippen molar-refractivity contribution in [3.8, 4) is 0 Å². The smallest absolute Gasteiger partial charge is 0.269 e. The minimum atomic E-state index is -0.572. The Labute approximate surface area is 132 Å². The average Bonchev–Trinajstić information content (AvgIpc) is 2.56. The molecule has 0 aliphatic carbocycles. The monoisotopic (exact) mass is 345 g/mol. The van der Waals surface area contributed by atoms with Crippen molar-refractivity contribution in [1.82, 2.24) is 10.4 Å². The summed E-state index contributed by atoms with van der Waals surface area (Å²) in [6, 6.07) is 15.6. The Morgan fingerprint density at radius 2 is 1.76 bits per heavy atom. The maximum absolute atomic E-state index is 12.4. The molecule has 1 aliphatic heterocycles. The summed E-state index contributed by atoms with van der Waals surface area (Å²) in [5, 5.41) is 4.97. The minimum Gasteiger partial charge on any atom is -0.362 e. The number of nitrogens with zero attached hydrogens (tertiary/aromatic N) is 1. The fourth-order valence-corrected chi connectivity index (χ4v) is 2.83. The van der Waals surface area contributed by atoms with Gasteiger partial charge < -0.3 is 5.32 Å². The van der Waals surface area contributed by atoms with E-state index in [2.05, 4.69) is 26.7 Å². The number of halogens is 1. The molecule has 0 saturated heterocycles. The SMILES string of the molecule is CN1NC(C)(c2ccc(Br)cc2)Nc2ccccc2C1=O. The van der Waals surface area contributed by atoms with Crippen molar-refractivity contribution in [1.29, 1.82) is 0 Å². The van der Waals surface area contributed by atoms with Crippen molar-refractivity contribution in [2.24, 2.45) is 0 Å². The molecule has 5 heteroatoms. The van der Waals surface area contributed by atoms with Crippen LogP contribution in [-0.4, -0.2) is 18.0 Å². The summed E-state index contributed by atoms with van der Waals surface area (Å²) < 4.78 is 1.02. The van der Waals surface area contributed by atoms with Crippen molar-refractivity contribution in [2.75, 3.05) is 12.4 Å². The van der Waals surface area contributed by atoms with E-state index in [0.717, 1.165) is 15.7 Å². The van der Waals surface area contributed by atoms with Crippen LogP contribution in [0.5, 0.6) is 0 Å². The van der Waals surface area contributed by atoms with Gasteiger partial charge in [-0.25, -0.2) is 5.43 Å². The van der Waals surface area contributed by atoms with Crippen molar-refractivity contribution in [3.05, 3.63) is 64.1 Å². The predicted molar refractivity (Wildman–Crippen MR) is 86.8 cm³/mol. The molecule has 1 unspecified atom stereocenters. The largest absolute Gasteiger partial charge is 0.362 e. The molecule has 4 nitrogen and oxygen atoms in total. The van der Waals surface area contributed by atoms with Crippen molar-refractivity contribution in [2.45, 2.75) is 12.6 Å². The van der Waals surface area contributed by atoms with Crippen molar-refractivity contribution >= 4 is 27.5 Å². The molecule has 21 heavy (non-hydrogen) atoms. The molecular formula is C16H16BrN3O. The van der Waals surface area contributed by atoms with Crippen LogP contribution in [0.15, 0.2) is 53.0 Å². The molecule has 0 aromatic heterocycles.